The van der Waals surface area contributed by atoms with Gasteiger partial charge in [0.15, 0.2) is 0 Å². The largest absolute Gasteiger partial charge is 0.367 e. The maximum Gasteiger partial charge on any atom is 0.134 e. The number of benzene rings is 2. The molecule has 172 valence electrons. The van der Waals surface area contributed by atoms with Gasteiger partial charge in [-0.1, -0.05) is 6.07 Å². The molecule has 34 heavy (non-hydrogen) atoms. The first kappa shape index (κ1) is 21.1. The molecule has 6 heteroatoms. The predicted molar refractivity (Wildman–Crippen MR) is 133 cm³/mol. The van der Waals surface area contributed by atoms with Gasteiger partial charge in [-0.3, -0.25) is 9.88 Å². The van der Waals surface area contributed by atoms with Crippen LogP contribution in [0.15, 0.2) is 54.9 Å². The molecule has 1 N–H and O–H groups in total. The van der Waals surface area contributed by atoms with Gasteiger partial charge in [-0.05, 0) is 73.6 Å². The van der Waals surface area contributed by atoms with E-state index in [1.165, 1.54) is 42.7 Å². The van der Waals surface area contributed by atoms with Crippen molar-refractivity contribution in [2.75, 3.05) is 31.1 Å². The zero-order chi connectivity index (χ0) is 23.1. The lowest BCUT2D eigenvalue weighted by molar-refractivity contribution is 0.141. The fraction of sp³-hybridized carbons (Fsp3) is 0.357. The van der Waals surface area contributed by atoms with E-state index in [-0.39, 0.29) is 5.82 Å². The SMILES string of the molecule is N#Cc1ccc2[nH]cc(C3CCC(N4CCN(c5cccc6c(F)ccnc56)CC4)CC3)c2c1. The Morgan fingerprint density at radius 3 is 2.59 bits per heavy atom. The number of hydrogen-bond donors (Lipinski definition) is 1. The van der Waals surface area contributed by atoms with E-state index in [2.05, 4.69) is 38.1 Å². The average Bonchev–Trinajstić information content (AvgIpc) is 3.32. The highest BCUT2D eigenvalue weighted by atomic mass is 19.1. The van der Waals surface area contributed by atoms with Crippen LogP contribution in [0.5, 0.6) is 0 Å². The molecule has 2 aliphatic rings. The molecule has 6 rings (SSSR count). The highest BCUT2D eigenvalue weighted by molar-refractivity contribution is 5.91. The van der Waals surface area contributed by atoms with Gasteiger partial charge in [0.1, 0.15) is 5.82 Å². The number of hydrogen-bond acceptors (Lipinski definition) is 4. The number of anilines is 1. The lowest BCUT2D eigenvalue weighted by Crippen LogP contribution is -2.51. The van der Waals surface area contributed by atoms with Gasteiger partial charge >= 0.3 is 0 Å². The first-order chi connectivity index (χ1) is 16.7. The predicted octanol–water partition coefficient (Wildman–Crippen LogP) is 5.58. The molecule has 2 aromatic heterocycles. The Balaban J connectivity index is 1.10. The fourth-order valence-electron chi connectivity index (χ4n) is 6.01. The van der Waals surface area contributed by atoms with E-state index < -0.39 is 0 Å². The van der Waals surface area contributed by atoms with Crippen molar-refractivity contribution in [2.45, 2.75) is 37.6 Å². The molecule has 2 fully saturated rings. The Labute approximate surface area is 198 Å². The van der Waals surface area contributed by atoms with E-state index in [9.17, 15) is 9.65 Å². The summed E-state index contributed by atoms with van der Waals surface area (Å²) in [6.45, 7) is 3.94. The lowest BCUT2D eigenvalue weighted by atomic mass is 9.81. The minimum absolute atomic E-state index is 0.207. The summed E-state index contributed by atoms with van der Waals surface area (Å²) in [6.07, 6.45) is 8.48. The number of nitrogens with zero attached hydrogens (tertiary/aromatic N) is 4. The van der Waals surface area contributed by atoms with Crippen LogP contribution in [-0.2, 0) is 0 Å². The van der Waals surface area contributed by atoms with Gasteiger partial charge in [0.05, 0.1) is 22.8 Å². The number of aromatic nitrogens is 2. The quantitative estimate of drug-likeness (QED) is 0.440. The summed E-state index contributed by atoms with van der Waals surface area (Å²) in [5.41, 5.74) is 5.01. The molecule has 0 unspecified atom stereocenters. The van der Waals surface area contributed by atoms with Crippen molar-refractivity contribution in [2.24, 2.45) is 0 Å². The summed E-state index contributed by atoms with van der Waals surface area (Å²) < 4.78 is 14.2. The Kier molecular flexibility index (Phi) is 5.43. The van der Waals surface area contributed by atoms with Crippen molar-refractivity contribution in [3.8, 4) is 6.07 Å². The number of nitriles is 1. The third kappa shape index (κ3) is 3.70. The number of H-pyrrole nitrogens is 1. The molecule has 0 bridgehead atoms. The average molecular weight is 454 g/mol. The van der Waals surface area contributed by atoms with Crippen LogP contribution in [0.4, 0.5) is 10.1 Å². The Hall–Kier alpha value is -3.43. The van der Waals surface area contributed by atoms with Crippen molar-refractivity contribution >= 4 is 27.5 Å². The highest BCUT2D eigenvalue weighted by Gasteiger charge is 2.30. The number of fused-ring (bicyclic) bond motifs is 2. The van der Waals surface area contributed by atoms with Gasteiger partial charge in [0.25, 0.3) is 0 Å². The molecule has 4 aromatic rings. The van der Waals surface area contributed by atoms with Crippen LogP contribution >= 0.6 is 0 Å². The van der Waals surface area contributed by atoms with Crippen LogP contribution in [0.2, 0.25) is 0 Å². The number of nitrogens with one attached hydrogen (secondary N) is 1. The molecule has 1 aliphatic heterocycles. The van der Waals surface area contributed by atoms with Crippen LogP contribution in [-0.4, -0.2) is 47.1 Å². The topological polar surface area (TPSA) is 59.0 Å². The zero-order valence-electron chi connectivity index (χ0n) is 19.2. The van der Waals surface area contributed by atoms with Crippen LogP contribution in [0.3, 0.4) is 0 Å². The second-order valence-electron chi connectivity index (χ2n) is 9.61. The van der Waals surface area contributed by atoms with E-state index in [0.29, 0.717) is 17.3 Å². The van der Waals surface area contributed by atoms with Crippen LogP contribution < -0.4 is 4.90 Å². The molecule has 0 amide bonds. The summed E-state index contributed by atoms with van der Waals surface area (Å²) >= 11 is 0. The summed E-state index contributed by atoms with van der Waals surface area (Å²) in [5, 5.41) is 11.1. The molecular weight excluding hydrogens is 425 g/mol. The maximum atomic E-state index is 14.2. The summed E-state index contributed by atoms with van der Waals surface area (Å²) in [5.74, 6) is 0.346. The normalized spacial score (nSPS) is 21.7. The van der Waals surface area contributed by atoms with Crippen molar-refractivity contribution < 1.29 is 4.39 Å². The first-order valence-electron chi connectivity index (χ1n) is 12.2. The van der Waals surface area contributed by atoms with Crippen molar-refractivity contribution in [3.63, 3.8) is 0 Å². The Morgan fingerprint density at radius 1 is 0.971 bits per heavy atom. The van der Waals surface area contributed by atoms with E-state index in [1.54, 1.807) is 6.20 Å². The standard InChI is InChI=1S/C28H28FN5/c29-25-10-11-31-28-22(25)2-1-3-27(28)34-14-12-33(13-15-34)21-7-5-20(6-8-21)24-18-32-26-9-4-19(17-30)16-23(24)26/h1-4,9-11,16,18,20-21,32H,5-8,12-15H2. The molecule has 0 spiro atoms. The van der Waals surface area contributed by atoms with Gasteiger partial charge in [-0.25, -0.2) is 4.39 Å². The molecule has 1 saturated heterocycles. The number of pyridine rings is 1. The lowest BCUT2D eigenvalue weighted by Gasteiger charge is -2.42. The number of rotatable bonds is 3. The summed E-state index contributed by atoms with van der Waals surface area (Å²) in [7, 11) is 0. The van der Waals surface area contributed by atoms with Crippen molar-refractivity contribution in [1.82, 2.24) is 14.9 Å². The second kappa shape index (κ2) is 8.73. The number of para-hydroxylation sites is 1. The molecular formula is C28H28FN5. The number of aromatic amines is 1. The van der Waals surface area contributed by atoms with Gasteiger partial charge in [-0.2, -0.15) is 5.26 Å². The molecule has 3 heterocycles. The van der Waals surface area contributed by atoms with Gasteiger partial charge in [0.2, 0.25) is 0 Å². The zero-order valence-corrected chi connectivity index (χ0v) is 19.2. The molecule has 1 saturated carbocycles. The number of piperazine rings is 1. The van der Waals surface area contributed by atoms with E-state index in [4.69, 9.17) is 0 Å². The third-order valence-electron chi connectivity index (χ3n) is 7.85. The highest BCUT2D eigenvalue weighted by Crippen LogP contribution is 2.38. The smallest absolute Gasteiger partial charge is 0.134 e. The molecule has 0 radical (unpaired) electrons. The second-order valence-corrected chi connectivity index (χ2v) is 9.61. The Bertz CT molecular complexity index is 1370. The minimum atomic E-state index is -0.207. The van der Waals surface area contributed by atoms with Gasteiger partial charge in [-0.15, -0.1) is 0 Å². The summed E-state index contributed by atoms with van der Waals surface area (Å²) in [6, 6.07) is 16.1. The molecule has 0 atom stereocenters. The van der Waals surface area contributed by atoms with Crippen LogP contribution in [0, 0.1) is 17.1 Å². The maximum absolute atomic E-state index is 14.2. The Morgan fingerprint density at radius 2 is 1.79 bits per heavy atom. The molecule has 2 aromatic carbocycles. The summed E-state index contributed by atoms with van der Waals surface area (Å²) in [4.78, 5) is 12.9. The van der Waals surface area contributed by atoms with Gasteiger partial charge < -0.3 is 9.88 Å². The van der Waals surface area contributed by atoms with E-state index in [1.807, 2.05) is 30.3 Å². The fourth-order valence-corrected chi connectivity index (χ4v) is 6.01. The molecule has 5 nitrogen and oxygen atoms in total. The molecule has 1 aliphatic carbocycles. The monoisotopic (exact) mass is 453 g/mol. The number of halogens is 1. The van der Waals surface area contributed by atoms with Gasteiger partial charge in [0, 0.05) is 60.9 Å². The van der Waals surface area contributed by atoms with Crippen LogP contribution in [0.1, 0.15) is 42.7 Å². The first-order valence-corrected chi connectivity index (χ1v) is 12.2. The van der Waals surface area contributed by atoms with E-state index in [0.717, 1.165) is 48.5 Å². The van der Waals surface area contributed by atoms with Crippen molar-refractivity contribution in [1.29, 1.82) is 5.26 Å². The third-order valence-corrected chi connectivity index (χ3v) is 7.85. The van der Waals surface area contributed by atoms with Crippen LogP contribution in [0.25, 0.3) is 21.8 Å². The van der Waals surface area contributed by atoms with Crippen molar-refractivity contribution in [3.05, 3.63) is 71.8 Å². The minimum Gasteiger partial charge on any atom is -0.367 e. The van der Waals surface area contributed by atoms with E-state index >= 15 is 0 Å².